The van der Waals surface area contributed by atoms with Gasteiger partial charge in [0, 0.05) is 51.9 Å². The van der Waals surface area contributed by atoms with E-state index in [1.165, 1.54) is 16.2 Å². The van der Waals surface area contributed by atoms with E-state index in [4.69, 9.17) is 26.3 Å². The van der Waals surface area contributed by atoms with E-state index in [2.05, 4.69) is 53.1 Å². The number of hydrogen-bond donors (Lipinski definition) is 0. The summed E-state index contributed by atoms with van der Waals surface area (Å²) in [5.41, 5.74) is 2.70. The second-order valence-electron chi connectivity index (χ2n) is 10.6. The molecule has 2 aromatic carbocycles. The number of thiophene rings is 1. The molecular weight excluding hydrogens is 556 g/mol. The summed E-state index contributed by atoms with van der Waals surface area (Å²) in [6, 6.07) is 14.9. The number of likely N-dealkylation sites (N-methyl/N-ethyl adjacent to an activating group) is 1. The molecule has 0 radical (unpaired) electrons. The van der Waals surface area contributed by atoms with E-state index in [9.17, 15) is 10.1 Å². The van der Waals surface area contributed by atoms with Gasteiger partial charge in [0.2, 0.25) is 5.91 Å². The monoisotopic (exact) mass is 586 g/mol. The lowest BCUT2D eigenvalue weighted by atomic mass is 10.0. The summed E-state index contributed by atoms with van der Waals surface area (Å²) < 4.78 is 7.41. The number of halogens is 1. The highest BCUT2D eigenvalue weighted by Gasteiger charge is 2.31. The first-order valence-corrected chi connectivity index (χ1v) is 15.1. The normalized spacial score (nSPS) is 19.5. The Morgan fingerprint density at radius 3 is 2.88 bits per heavy atom. The Bertz CT molecular complexity index is 1670. The van der Waals surface area contributed by atoms with E-state index in [0.717, 1.165) is 41.4 Å². The zero-order valence-electron chi connectivity index (χ0n) is 22.9. The number of nitriles is 1. The average molecular weight is 587 g/mol. The van der Waals surface area contributed by atoms with Crippen LogP contribution in [-0.2, 0) is 4.79 Å². The zero-order valence-corrected chi connectivity index (χ0v) is 24.5. The molecule has 41 heavy (non-hydrogen) atoms. The Balaban J connectivity index is 1.43. The molecule has 2 aromatic heterocycles. The summed E-state index contributed by atoms with van der Waals surface area (Å²) in [5.74, 6) is 0.527. The molecule has 2 unspecified atom stereocenters. The molecule has 2 aliphatic heterocycles. The van der Waals surface area contributed by atoms with E-state index >= 15 is 0 Å². The number of benzene rings is 2. The minimum absolute atomic E-state index is 0.169. The molecule has 0 aliphatic carbocycles. The predicted octanol–water partition coefficient (Wildman–Crippen LogP) is 5.75. The first-order valence-electron chi connectivity index (χ1n) is 13.8. The molecule has 2 saturated heterocycles. The van der Waals surface area contributed by atoms with Crippen molar-refractivity contribution in [2.45, 2.75) is 31.3 Å². The van der Waals surface area contributed by atoms with Gasteiger partial charge in [0.15, 0.2) is 0 Å². The number of anilines is 1. The molecule has 210 valence electrons. The Kier molecular flexibility index (Phi) is 7.80. The highest BCUT2D eigenvalue weighted by molar-refractivity contribution is 7.17. The third kappa shape index (κ3) is 5.35. The first-order chi connectivity index (χ1) is 20.0. The lowest BCUT2D eigenvalue weighted by Gasteiger charge is -2.41. The number of nitrogens with zero attached hydrogens (tertiary/aromatic N) is 6. The van der Waals surface area contributed by atoms with Crippen LogP contribution in [0.5, 0.6) is 6.01 Å². The maximum Gasteiger partial charge on any atom is 0.319 e. The molecule has 10 heteroatoms. The minimum Gasteiger partial charge on any atom is -0.462 e. The number of aromatic nitrogens is 2. The van der Waals surface area contributed by atoms with Crippen molar-refractivity contribution in [3.63, 3.8) is 0 Å². The number of carbonyl (C=O) groups excluding carboxylic acids is 1. The summed E-state index contributed by atoms with van der Waals surface area (Å²) in [4.78, 5) is 28.4. The van der Waals surface area contributed by atoms with Crippen LogP contribution in [0, 0.1) is 11.3 Å². The van der Waals surface area contributed by atoms with Crippen molar-refractivity contribution in [2.24, 2.45) is 0 Å². The molecule has 0 saturated carbocycles. The van der Waals surface area contributed by atoms with Crippen LogP contribution in [0.4, 0.5) is 5.82 Å². The smallest absolute Gasteiger partial charge is 0.319 e. The molecule has 8 nitrogen and oxygen atoms in total. The van der Waals surface area contributed by atoms with Crippen LogP contribution in [0.3, 0.4) is 0 Å². The average Bonchev–Trinajstić information content (AvgIpc) is 3.64. The minimum atomic E-state index is -0.285. The molecule has 4 aromatic rings. The number of ether oxygens (including phenoxy) is 1. The number of hydrogen-bond acceptors (Lipinski definition) is 8. The van der Waals surface area contributed by atoms with Gasteiger partial charge in [-0.05, 0) is 61.5 Å². The summed E-state index contributed by atoms with van der Waals surface area (Å²) in [5, 5.41) is 14.2. The van der Waals surface area contributed by atoms with Gasteiger partial charge in [-0.1, -0.05) is 36.4 Å². The maximum atomic E-state index is 12.5. The number of rotatable bonds is 7. The summed E-state index contributed by atoms with van der Waals surface area (Å²) in [7, 11) is 2.12. The molecule has 0 spiro atoms. The Morgan fingerprint density at radius 1 is 1.22 bits per heavy atom. The topological polar surface area (TPSA) is 85.6 Å². The van der Waals surface area contributed by atoms with E-state index in [1.54, 1.807) is 16.2 Å². The van der Waals surface area contributed by atoms with Gasteiger partial charge < -0.3 is 19.4 Å². The van der Waals surface area contributed by atoms with Crippen molar-refractivity contribution >= 4 is 55.7 Å². The van der Waals surface area contributed by atoms with Crippen molar-refractivity contribution in [1.82, 2.24) is 19.8 Å². The van der Waals surface area contributed by atoms with Crippen LogP contribution >= 0.6 is 22.9 Å². The van der Waals surface area contributed by atoms with Crippen LogP contribution in [0.15, 0.2) is 54.4 Å². The van der Waals surface area contributed by atoms with Crippen LogP contribution < -0.4 is 9.64 Å². The van der Waals surface area contributed by atoms with E-state index in [1.807, 2.05) is 18.2 Å². The van der Waals surface area contributed by atoms with Gasteiger partial charge in [-0.25, -0.2) is 0 Å². The number of carbonyl (C=O) groups is 1. The largest absolute Gasteiger partial charge is 0.462 e. The van der Waals surface area contributed by atoms with Gasteiger partial charge >= 0.3 is 6.01 Å². The highest BCUT2D eigenvalue weighted by atomic mass is 35.5. The molecule has 6 rings (SSSR count). The second-order valence-corrected chi connectivity index (χ2v) is 11.9. The highest BCUT2D eigenvalue weighted by Crippen LogP contribution is 2.40. The van der Waals surface area contributed by atoms with Gasteiger partial charge in [0.05, 0.1) is 24.0 Å². The fourth-order valence-corrected chi connectivity index (χ4v) is 7.12. The molecule has 2 atom stereocenters. The van der Waals surface area contributed by atoms with Crippen molar-refractivity contribution in [2.75, 3.05) is 44.7 Å². The first kappa shape index (κ1) is 27.5. The second kappa shape index (κ2) is 11.6. The van der Waals surface area contributed by atoms with E-state index in [0.29, 0.717) is 49.1 Å². The van der Waals surface area contributed by atoms with Crippen LogP contribution in [0.1, 0.15) is 19.3 Å². The van der Waals surface area contributed by atoms with Gasteiger partial charge in [-0.2, -0.15) is 15.2 Å². The fourth-order valence-electron chi connectivity index (χ4n) is 5.93. The number of fused-ring (bicyclic) bond motifs is 2. The quantitative estimate of drug-likeness (QED) is 0.255. The lowest BCUT2D eigenvalue weighted by Crippen LogP contribution is -2.55. The van der Waals surface area contributed by atoms with Crippen molar-refractivity contribution in [3.05, 3.63) is 59.5 Å². The van der Waals surface area contributed by atoms with E-state index in [-0.39, 0.29) is 18.4 Å². The standard InChI is InChI=1S/C31H31ClN6O2S/c1-3-28(39)38-14-13-37(18-21(38)9-11-33)30-25-16-26(32)24(23-8-4-6-20-10-15-41-29(20)23)17-27(25)34-31(35-30)40-19-22-7-5-12-36(22)2/h3-4,6,8,10,15-17,21-22H,1,5,7,9,12-14,18-19H2,2H3. The molecule has 0 bridgehead atoms. The summed E-state index contributed by atoms with van der Waals surface area (Å²) in [6.07, 6.45) is 3.75. The van der Waals surface area contributed by atoms with Crippen molar-refractivity contribution < 1.29 is 9.53 Å². The van der Waals surface area contributed by atoms with Gasteiger partial charge in [-0.3, -0.25) is 4.79 Å². The number of likely N-dealkylation sites (tertiary alicyclic amines) is 1. The number of amides is 1. The SMILES string of the molecule is C=CC(=O)N1CCN(c2nc(OCC3CCCN3C)nc3cc(-c4cccc5ccsc45)c(Cl)cc23)CC1CC#N. The fraction of sp³-hybridized carbons (Fsp3) is 0.355. The molecular formula is C31H31ClN6O2S. The Hall–Kier alpha value is -3.71. The van der Waals surface area contributed by atoms with Crippen LogP contribution in [-0.4, -0.2) is 77.6 Å². The maximum absolute atomic E-state index is 12.5. The van der Waals surface area contributed by atoms with Gasteiger partial charge in [-0.15, -0.1) is 11.3 Å². The lowest BCUT2D eigenvalue weighted by molar-refractivity contribution is -0.128. The molecule has 2 aliphatic rings. The zero-order chi connectivity index (χ0) is 28.5. The Morgan fingerprint density at radius 2 is 2.10 bits per heavy atom. The molecule has 2 fully saturated rings. The van der Waals surface area contributed by atoms with E-state index < -0.39 is 0 Å². The van der Waals surface area contributed by atoms with Crippen LogP contribution in [0.2, 0.25) is 5.02 Å². The van der Waals surface area contributed by atoms with Crippen molar-refractivity contribution in [3.8, 4) is 23.2 Å². The third-order valence-corrected chi connectivity index (χ3v) is 9.43. The summed E-state index contributed by atoms with van der Waals surface area (Å²) >= 11 is 8.66. The van der Waals surface area contributed by atoms with Crippen LogP contribution in [0.25, 0.3) is 32.1 Å². The van der Waals surface area contributed by atoms with Gasteiger partial charge in [0.25, 0.3) is 0 Å². The molecule has 4 heterocycles. The van der Waals surface area contributed by atoms with Gasteiger partial charge in [0.1, 0.15) is 12.4 Å². The third-order valence-electron chi connectivity index (χ3n) is 8.16. The summed E-state index contributed by atoms with van der Waals surface area (Å²) in [6.45, 7) is 6.66. The Labute approximate surface area is 248 Å². The van der Waals surface area contributed by atoms with Crippen molar-refractivity contribution in [1.29, 1.82) is 5.26 Å². The molecule has 0 N–H and O–H groups in total. The number of piperazine rings is 1. The predicted molar refractivity (Wildman–Crippen MR) is 165 cm³/mol. The molecule has 1 amide bonds.